The molecule has 0 spiro atoms. The highest BCUT2D eigenvalue weighted by atomic mass is 16.6. The first-order valence-corrected chi connectivity index (χ1v) is 10.6. The first kappa shape index (κ1) is 21.0. The average molecular weight is 327 g/mol. The summed E-state index contributed by atoms with van der Waals surface area (Å²) >= 11 is 0. The number of ether oxygens (including phenoxy) is 2. The van der Waals surface area contributed by atoms with E-state index < -0.39 is 0 Å². The number of rotatable bonds is 18. The maximum absolute atomic E-state index is 5.75. The van der Waals surface area contributed by atoms with Gasteiger partial charge in [-0.15, -0.1) is 0 Å². The zero-order valence-corrected chi connectivity index (χ0v) is 16.0. The molecule has 0 bridgehead atoms. The Morgan fingerprint density at radius 2 is 1.22 bits per heavy atom. The molecule has 2 atom stereocenters. The van der Waals surface area contributed by atoms with Crippen LogP contribution in [0, 0.1) is 0 Å². The molecule has 0 radical (unpaired) electrons. The molecule has 0 aromatic rings. The molecule has 0 aromatic heterocycles. The van der Waals surface area contributed by atoms with E-state index in [1.165, 1.54) is 96.3 Å². The molecule has 0 saturated carbocycles. The van der Waals surface area contributed by atoms with Crippen LogP contribution < -0.4 is 0 Å². The van der Waals surface area contributed by atoms with Crippen LogP contribution in [0.1, 0.15) is 110 Å². The monoisotopic (exact) mass is 326 g/mol. The lowest BCUT2D eigenvalue weighted by Gasteiger charge is -2.11. The smallest absolute Gasteiger partial charge is 0.104 e. The van der Waals surface area contributed by atoms with E-state index in [-0.39, 0.29) is 0 Å². The lowest BCUT2D eigenvalue weighted by molar-refractivity contribution is 0.0476. The van der Waals surface area contributed by atoms with Gasteiger partial charge >= 0.3 is 0 Å². The molecule has 2 heteroatoms. The Balaban J connectivity index is 1.66. The van der Waals surface area contributed by atoms with Gasteiger partial charge in [0.25, 0.3) is 0 Å². The highest BCUT2D eigenvalue weighted by Gasteiger charge is 2.23. The molecule has 0 amide bonds. The number of epoxide rings is 1. The van der Waals surface area contributed by atoms with Gasteiger partial charge in [-0.3, -0.25) is 0 Å². The quantitative estimate of drug-likeness (QED) is 0.207. The van der Waals surface area contributed by atoms with Gasteiger partial charge in [-0.2, -0.15) is 0 Å². The van der Waals surface area contributed by atoms with Gasteiger partial charge in [0.05, 0.1) is 19.3 Å². The van der Waals surface area contributed by atoms with E-state index >= 15 is 0 Å². The Morgan fingerprint density at radius 3 is 1.65 bits per heavy atom. The summed E-state index contributed by atoms with van der Waals surface area (Å²) in [5.41, 5.74) is 0. The molecule has 1 heterocycles. The topological polar surface area (TPSA) is 21.8 Å². The van der Waals surface area contributed by atoms with Gasteiger partial charge in [-0.1, -0.05) is 96.8 Å². The van der Waals surface area contributed by atoms with Crippen LogP contribution in [0.3, 0.4) is 0 Å². The summed E-state index contributed by atoms with van der Waals surface area (Å²) in [7, 11) is 0. The molecule has 1 rings (SSSR count). The summed E-state index contributed by atoms with van der Waals surface area (Å²) in [5, 5.41) is 0. The fourth-order valence-electron chi connectivity index (χ4n) is 3.15. The first-order valence-electron chi connectivity index (χ1n) is 10.6. The van der Waals surface area contributed by atoms with Crippen molar-refractivity contribution < 1.29 is 9.47 Å². The summed E-state index contributed by atoms with van der Waals surface area (Å²) in [6.07, 6.45) is 22.0. The molecule has 1 fully saturated rings. The summed E-state index contributed by atoms with van der Waals surface area (Å²) in [4.78, 5) is 0. The fourth-order valence-corrected chi connectivity index (χ4v) is 3.15. The van der Waals surface area contributed by atoms with Crippen molar-refractivity contribution in [3.63, 3.8) is 0 Å². The third kappa shape index (κ3) is 15.2. The predicted octanol–water partition coefficient (Wildman–Crippen LogP) is 6.66. The van der Waals surface area contributed by atoms with Crippen molar-refractivity contribution in [2.75, 3.05) is 13.2 Å². The van der Waals surface area contributed by atoms with Crippen LogP contribution in [0.25, 0.3) is 0 Å². The van der Waals surface area contributed by atoms with Crippen molar-refractivity contribution in [3.8, 4) is 0 Å². The average Bonchev–Trinajstić information content (AvgIpc) is 3.37. The van der Waals surface area contributed by atoms with Crippen LogP contribution in [-0.2, 0) is 9.47 Å². The molecule has 2 nitrogen and oxygen atoms in total. The highest BCUT2D eigenvalue weighted by molar-refractivity contribution is 4.68. The molecular weight excluding hydrogens is 284 g/mol. The van der Waals surface area contributed by atoms with Gasteiger partial charge in [0.1, 0.15) is 6.10 Å². The second kappa shape index (κ2) is 15.4. The molecule has 0 N–H and O–H groups in total. The van der Waals surface area contributed by atoms with E-state index in [0.29, 0.717) is 12.2 Å². The summed E-state index contributed by atoms with van der Waals surface area (Å²) in [6.45, 7) is 6.20. The van der Waals surface area contributed by atoms with Gasteiger partial charge in [-0.25, -0.2) is 0 Å². The minimum atomic E-state index is 0.411. The normalized spacial score (nSPS) is 18.3. The summed E-state index contributed by atoms with van der Waals surface area (Å²) in [6, 6.07) is 0. The third-order valence-electron chi connectivity index (χ3n) is 4.93. The molecular formula is C21H42O2. The summed E-state index contributed by atoms with van der Waals surface area (Å²) < 4.78 is 10.9. The van der Waals surface area contributed by atoms with E-state index in [9.17, 15) is 0 Å². The Kier molecular flexibility index (Phi) is 14.1. The Bertz CT molecular complexity index is 238. The largest absolute Gasteiger partial charge is 0.376 e. The van der Waals surface area contributed by atoms with Gasteiger partial charge in [0.2, 0.25) is 0 Å². The van der Waals surface area contributed by atoms with Crippen LogP contribution in [-0.4, -0.2) is 25.4 Å². The Labute approximate surface area is 145 Å². The van der Waals surface area contributed by atoms with Crippen molar-refractivity contribution in [1.29, 1.82) is 0 Å². The lowest BCUT2D eigenvalue weighted by atomic mass is 10.0. The zero-order chi connectivity index (χ0) is 16.6. The van der Waals surface area contributed by atoms with Crippen molar-refractivity contribution >= 4 is 0 Å². The second-order valence-corrected chi connectivity index (χ2v) is 7.48. The van der Waals surface area contributed by atoms with E-state index in [1.54, 1.807) is 0 Å². The third-order valence-corrected chi connectivity index (χ3v) is 4.93. The maximum atomic E-state index is 5.75. The van der Waals surface area contributed by atoms with E-state index in [0.717, 1.165) is 13.2 Å². The van der Waals surface area contributed by atoms with Crippen molar-refractivity contribution in [1.82, 2.24) is 0 Å². The zero-order valence-electron chi connectivity index (χ0n) is 16.0. The molecule has 0 aliphatic carbocycles. The van der Waals surface area contributed by atoms with E-state index in [4.69, 9.17) is 9.47 Å². The lowest BCUT2D eigenvalue weighted by Crippen LogP contribution is -2.12. The highest BCUT2D eigenvalue weighted by Crippen LogP contribution is 2.15. The van der Waals surface area contributed by atoms with Gasteiger partial charge in [-0.05, 0) is 13.3 Å². The summed E-state index contributed by atoms with van der Waals surface area (Å²) in [5.74, 6) is 0. The van der Waals surface area contributed by atoms with Crippen LogP contribution >= 0.6 is 0 Å². The predicted molar refractivity (Wildman–Crippen MR) is 100 cm³/mol. The number of unbranched alkanes of at least 4 members (excludes halogenated alkanes) is 13. The van der Waals surface area contributed by atoms with Crippen LogP contribution in [0.4, 0.5) is 0 Å². The first-order chi connectivity index (χ1) is 11.3. The second-order valence-electron chi connectivity index (χ2n) is 7.48. The van der Waals surface area contributed by atoms with Crippen LogP contribution in [0.5, 0.6) is 0 Å². The molecule has 0 aromatic carbocycles. The Hall–Kier alpha value is -0.0800. The van der Waals surface area contributed by atoms with Gasteiger partial charge in [0, 0.05) is 0 Å². The van der Waals surface area contributed by atoms with Gasteiger partial charge in [0.15, 0.2) is 0 Å². The molecule has 23 heavy (non-hydrogen) atoms. The van der Waals surface area contributed by atoms with Crippen LogP contribution in [0.2, 0.25) is 0 Å². The minimum Gasteiger partial charge on any atom is -0.376 e. The Morgan fingerprint density at radius 1 is 0.783 bits per heavy atom. The number of hydrogen-bond donors (Lipinski definition) is 0. The number of hydrogen-bond acceptors (Lipinski definition) is 2. The maximum Gasteiger partial charge on any atom is 0.104 e. The fraction of sp³-hybridized carbons (Fsp3) is 1.00. The molecule has 1 aliphatic rings. The van der Waals surface area contributed by atoms with Crippen LogP contribution in [0.15, 0.2) is 0 Å². The van der Waals surface area contributed by atoms with Crippen molar-refractivity contribution in [2.24, 2.45) is 0 Å². The minimum absolute atomic E-state index is 0.411. The molecule has 138 valence electrons. The SMILES string of the molecule is CCCCCCCCCCCCCCCCC(C)OCC1CO1. The van der Waals surface area contributed by atoms with Crippen molar-refractivity contribution in [2.45, 2.75) is 122 Å². The molecule has 2 unspecified atom stereocenters. The van der Waals surface area contributed by atoms with E-state index in [2.05, 4.69) is 13.8 Å². The molecule has 1 saturated heterocycles. The molecule has 1 aliphatic heterocycles. The van der Waals surface area contributed by atoms with Gasteiger partial charge < -0.3 is 9.47 Å². The standard InChI is InChI=1S/C21H42O2/c1-3-4-5-6-7-8-9-10-11-12-13-14-15-16-17-20(2)22-18-21-19-23-21/h20-21H,3-19H2,1-2H3. The van der Waals surface area contributed by atoms with Crippen molar-refractivity contribution in [3.05, 3.63) is 0 Å². The van der Waals surface area contributed by atoms with E-state index in [1.807, 2.05) is 0 Å².